The molecule has 2 saturated carbocycles. The molecule has 14 nitrogen and oxygen atoms in total. The number of carbonyl (C=O) groups excluding carboxylic acids is 4. The van der Waals surface area contributed by atoms with Crippen LogP contribution in [0.5, 0.6) is 0 Å². The molecule has 4 amide bonds. The van der Waals surface area contributed by atoms with Gasteiger partial charge in [0.2, 0.25) is 23.7 Å². The van der Waals surface area contributed by atoms with Crippen molar-refractivity contribution in [3.63, 3.8) is 0 Å². The minimum Gasteiger partial charge on any atom is -0.449 e. The van der Waals surface area contributed by atoms with Crippen LogP contribution >= 0.6 is 0 Å². The van der Waals surface area contributed by atoms with Gasteiger partial charge in [-0.15, -0.1) is 0 Å². The van der Waals surface area contributed by atoms with Gasteiger partial charge in [0.15, 0.2) is 5.82 Å². The summed E-state index contributed by atoms with van der Waals surface area (Å²) in [6.07, 6.45) is 10.6. The van der Waals surface area contributed by atoms with E-state index in [4.69, 9.17) is 4.74 Å². The highest BCUT2D eigenvalue weighted by molar-refractivity contribution is 6.01. The summed E-state index contributed by atoms with van der Waals surface area (Å²) < 4.78 is 35.3. The molecule has 8 rings (SSSR count). The van der Waals surface area contributed by atoms with Gasteiger partial charge in [0, 0.05) is 42.7 Å². The third kappa shape index (κ3) is 9.22. The van der Waals surface area contributed by atoms with Gasteiger partial charge >= 0.3 is 6.09 Å². The van der Waals surface area contributed by atoms with Crippen LogP contribution < -0.4 is 26.2 Å². The summed E-state index contributed by atoms with van der Waals surface area (Å²) in [5, 5.41) is 12.1. The highest BCUT2D eigenvalue weighted by Crippen LogP contribution is 2.35. The van der Waals surface area contributed by atoms with Crippen molar-refractivity contribution in [3.05, 3.63) is 59.8 Å². The zero-order valence-electron chi connectivity index (χ0n) is 32.6. The smallest absolute Gasteiger partial charge is 0.415 e. The number of rotatable bonds is 10. The molecule has 5 heterocycles. The van der Waals surface area contributed by atoms with E-state index in [1.165, 1.54) is 11.0 Å². The second-order valence-electron chi connectivity index (χ2n) is 16.3. The van der Waals surface area contributed by atoms with Crippen LogP contribution in [0.25, 0.3) is 11.4 Å². The molecule has 3 aromatic rings. The lowest BCUT2D eigenvalue weighted by Crippen LogP contribution is -2.47. The lowest BCUT2D eigenvalue weighted by Gasteiger charge is -2.41. The van der Waals surface area contributed by atoms with Gasteiger partial charge in [-0.1, -0.05) is 12.1 Å². The summed E-state index contributed by atoms with van der Waals surface area (Å²) >= 11 is 0. The van der Waals surface area contributed by atoms with E-state index >= 15 is 4.39 Å². The number of hydrogen-bond donors (Lipinski definition) is 4. The molecule has 58 heavy (non-hydrogen) atoms. The van der Waals surface area contributed by atoms with Crippen LogP contribution in [0.4, 0.5) is 31.0 Å². The molecule has 2 aromatic heterocycles. The Bertz CT molecular complexity index is 2000. The van der Waals surface area contributed by atoms with Crippen molar-refractivity contribution in [2.45, 2.75) is 114 Å². The molecule has 5 aliphatic rings. The van der Waals surface area contributed by atoms with Crippen molar-refractivity contribution in [1.82, 2.24) is 30.5 Å². The maximum atomic E-state index is 15.3. The van der Waals surface area contributed by atoms with E-state index in [0.717, 1.165) is 83.5 Å². The van der Waals surface area contributed by atoms with E-state index in [1.807, 2.05) is 12.1 Å². The number of cyclic esters (lactones) is 1. The Balaban J connectivity index is 0.754. The second-order valence-corrected chi connectivity index (χ2v) is 16.3. The zero-order valence-corrected chi connectivity index (χ0v) is 32.6. The van der Waals surface area contributed by atoms with E-state index < -0.39 is 18.0 Å². The summed E-state index contributed by atoms with van der Waals surface area (Å²) in [5.41, 5.74) is 1.58. The number of ether oxygens (including phenoxy) is 1. The summed E-state index contributed by atoms with van der Waals surface area (Å²) in [5.74, 6) is -0.689. The molecule has 3 saturated heterocycles. The van der Waals surface area contributed by atoms with Crippen molar-refractivity contribution in [1.29, 1.82) is 0 Å². The maximum Gasteiger partial charge on any atom is 0.415 e. The number of carbonyl (C=O) groups is 4. The van der Waals surface area contributed by atoms with Crippen molar-refractivity contribution in [2.75, 3.05) is 41.8 Å². The number of benzene rings is 1. The first-order valence-electron chi connectivity index (χ1n) is 20.8. The maximum absolute atomic E-state index is 15.3. The first kappa shape index (κ1) is 39.6. The van der Waals surface area contributed by atoms with Crippen LogP contribution in [0.3, 0.4) is 0 Å². The van der Waals surface area contributed by atoms with Gasteiger partial charge < -0.3 is 25.6 Å². The Morgan fingerprint density at radius 2 is 1.60 bits per heavy atom. The topological polar surface area (TPSA) is 171 Å². The number of nitrogens with zero attached hydrogens (tertiary/aromatic N) is 5. The number of imide groups is 1. The van der Waals surface area contributed by atoms with Gasteiger partial charge in [-0.25, -0.2) is 28.5 Å². The van der Waals surface area contributed by atoms with Crippen molar-refractivity contribution in [2.24, 2.45) is 5.92 Å². The fourth-order valence-corrected chi connectivity index (χ4v) is 9.22. The van der Waals surface area contributed by atoms with Crippen LogP contribution in [-0.4, -0.2) is 94.1 Å². The van der Waals surface area contributed by atoms with Gasteiger partial charge in [0.05, 0.1) is 18.5 Å². The number of nitrogens with one attached hydrogen (secondary N) is 4. The Kier molecular flexibility index (Phi) is 12.1. The Hall–Kier alpha value is -5.25. The molecule has 0 spiro atoms. The summed E-state index contributed by atoms with van der Waals surface area (Å²) in [4.78, 5) is 66.2. The number of amides is 4. The van der Waals surface area contributed by atoms with Crippen molar-refractivity contribution < 1.29 is 32.7 Å². The Labute approximate surface area is 336 Å². The Morgan fingerprint density at radius 3 is 2.34 bits per heavy atom. The first-order valence-corrected chi connectivity index (χ1v) is 20.8. The number of pyridine rings is 1. The van der Waals surface area contributed by atoms with E-state index in [0.29, 0.717) is 49.1 Å². The minimum absolute atomic E-state index is 0.0394. The molecule has 1 aromatic carbocycles. The van der Waals surface area contributed by atoms with Gasteiger partial charge in [0.1, 0.15) is 23.4 Å². The monoisotopic (exact) mass is 799 g/mol. The third-order valence-corrected chi connectivity index (χ3v) is 12.5. The molecule has 308 valence electrons. The first-order chi connectivity index (χ1) is 28.2. The summed E-state index contributed by atoms with van der Waals surface area (Å²) in [7, 11) is 0. The zero-order chi connectivity index (χ0) is 40.2. The second kappa shape index (κ2) is 17.7. The lowest BCUT2D eigenvalue weighted by atomic mass is 9.83. The molecule has 3 aliphatic heterocycles. The standard InChI is InChI=1S/C42H51F2N9O5/c43-32-23-29(46-35-15-16-37(54)50-40(35)56)11-14-31(32)25-17-20-52(21-18-25)30-12-9-27(10-13-30)47-39(55)26-5-7-28(8-6-26)48-41-45-24-33(44)38(51-41)34-3-1-4-36(49-34)53-19-2-22-58-42(53)57/h1,3-4,11,14,23-28,30,35,46H,2,5-10,12-13,15-22H2,(H,47,55)(H,45,48,51)(H,50,54,56). The molecular weight excluding hydrogens is 749 g/mol. The fraction of sp³-hybridized carbons (Fsp3) is 0.548. The number of hydrogen-bond acceptors (Lipinski definition) is 11. The minimum atomic E-state index is -0.616. The average Bonchev–Trinajstić information content (AvgIpc) is 3.23. The number of aromatic nitrogens is 3. The molecule has 2 aliphatic carbocycles. The summed E-state index contributed by atoms with van der Waals surface area (Å²) in [6, 6.07) is 10.3. The van der Waals surface area contributed by atoms with E-state index in [9.17, 15) is 23.6 Å². The van der Waals surface area contributed by atoms with Gasteiger partial charge in [-0.05, 0) is 126 Å². The number of likely N-dealkylation sites (tertiary alicyclic amines) is 1. The highest BCUT2D eigenvalue weighted by Gasteiger charge is 2.34. The molecule has 16 heteroatoms. The van der Waals surface area contributed by atoms with Crippen LogP contribution in [0.2, 0.25) is 0 Å². The van der Waals surface area contributed by atoms with E-state index in [2.05, 4.69) is 41.1 Å². The van der Waals surface area contributed by atoms with Gasteiger partial charge in [-0.2, -0.15) is 0 Å². The largest absolute Gasteiger partial charge is 0.449 e. The van der Waals surface area contributed by atoms with Crippen LogP contribution in [-0.2, 0) is 19.1 Å². The SMILES string of the molecule is O=C1CCC(Nc2ccc(C3CCN(C4CCC(NC(=O)C5CCC(Nc6ncc(F)c(-c7cccc(N8CCCOC8=O)n7)n6)CC5)CC4)CC3)c(F)c2)C(=O)N1. The highest BCUT2D eigenvalue weighted by atomic mass is 19.1. The molecule has 4 N–H and O–H groups in total. The lowest BCUT2D eigenvalue weighted by molar-refractivity contribution is -0.133. The van der Waals surface area contributed by atoms with Gasteiger partial charge in [0.25, 0.3) is 0 Å². The van der Waals surface area contributed by atoms with Crippen LogP contribution in [0.15, 0.2) is 42.6 Å². The molecule has 1 atom stereocenters. The van der Waals surface area contributed by atoms with Crippen LogP contribution in [0, 0.1) is 17.6 Å². The molecule has 0 radical (unpaired) electrons. The van der Waals surface area contributed by atoms with Crippen LogP contribution in [0.1, 0.15) is 95.0 Å². The molecule has 5 fully saturated rings. The normalized spacial score (nSPS) is 26.1. The molecular formula is C42H51F2N9O5. The molecule has 1 unspecified atom stereocenters. The quantitative estimate of drug-likeness (QED) is 0.187. The predicted octanol–water partition coefficient (Wildman–Crippen LogP) is 5.66. The predicted molar refractivity (Wildman–Crippen MR) is 212 cm³/mol. The third-order valence-electron chi connectivity index (χ3n) is 12.5. The van der Waals surface area contributed by atoms with Crippen molar-refractivity contribution in [3.8, 4) is 11.4 Å². The molecule has 0 bridgehead atoms. The van der Waals surface area contributed by atoms with E-state index in [-0.39, 0.29) is 71.2 Å². The summed E-state index contributed by atoms with van der Waals surface area (Å²) in [6.45, 7) is 2.65. The number of halogens is 2. The number of piperidine rings is 2. The van der Waals surface area contributed by atoms with Gasteiger partial charge in [-0.3, -0.25) is 24.6 Å². The number of anilines is 3. The fourth-order valence-electron chi connectivity index (χ4n) is 9.22. The van der Waals surface area contributed by atoms with Crippen molar-refractivity contribution >= 4 is 41.3 Å². The Morgan fingerprint density at radius 1 is 0.828 bits per heavy atom. The average molecular weight is 800 g/mol. The van der Waals surface area contributed by atoms with E-state index in [1.54, 1.807) is 18.2 Å².